The SMILES string of the molecule is Cc1ccc(F)cc1S(=O)(=O)N1CCN(Cc2nc3cc(C(=O)N(C)C)ccc3n2C)CC1. The number of sulfonamides is 1. The van der Waals surface area contributed by atoms with Crippen molar-refractivity contribution < 1.29 is 17.6 Å². The topological polar surface area (TPSA) is 78.8 Å². The van der Waals surface area contributed by atoms with Gasteiger partial charge in [0.1, 0.15) is 11.6 Å². The third kappa shape index (κ3) is 4.50. The van der Waals surface area contributed by atoms with Crippen molar-refractivity contribution in [1.82, 2.24) is 23.7 Å². The highest BCUT2D eigenvalue weighted by Crippen LogP contribution is 2.23. The minimum Gasteiger partial charge on any atom is -0.345 e. The molecule has 2 aromatic carbocycles. The first-order valence-electron chi connectivity index (χ1n) is 10.7. The molecule has 10 heteroatoms. The molecule has 0 aliphatic carbocycles. The number of carbonyl (C=O) groups excluding carboxylic acids is 1. The maximum Gasteiger partial charge on any atom is 0.253 e. The van der Waals surface area contributed by atoms with Crippen LogP contribution in [0.1, 0.15) is 21.7 Å². The Morgan fingerprint density at radius 1 is 1.09 bits per heavy atom. The van der Waals surface area contributed by atoms with Gasteiger partial charge in [0.05, 0.1) is 22.5 Å². The molecule has 0 spiro atoms. The van der Waals surface area contributed by atoms with Crippen molar-refractivity contribution in [2.75, 3.05) is 40.3 Å². The zero-order valence-electron chi connectivity index (χ0n) is 19.2. The summed E-state index contributed by atoms with van der Waals surface area (Å²) in [7, 11) is 1.61. The number of rotatable bonds is 5. The molecule has 33 heavy (non-hydrogen) atoms. The molecule has 0 N–H and O–H groups in total. The van der Waals surface area contributed by atoms with Gasteiger partial charge in [-0.1, -0.05) is 6.07 Å². The smallest absolute Gasteiger partial charge is 0.253 e. The Morgan fingerprint density at radius 3 is 2.45 bits per heavy atom. The zero-order valence-corrected chi connectivity index (χ0v) is 20.1. The van der Waals surface area contributed by atoms with Crippen LogP contribution in [0.3, 0.4) is 0 Å². The lowest BCUT2D eigenvalue weighted by molar-refractivity contribution is 0.0827. The van der Waals surface area contributed by atoms with Crippen molar-refractivity contribution in [2.24, 2.45) is 7.05 Å². The average Bonchev–Trinajstić information content (AvgIpc) is 3.09. The van der Waals surface area contributed by atoms with Crippen LogP contribution in [0.25, 0.3) is 11.0 Å². The van der Waals surface area contributed by atoms with E-state index in [1.54, 1.807) is 33.2 Å². The molecule has 176 valence electrons. The molecule has 0 unspecified atom stereocenters. The van der Waals surface area contributed by atoms with E-state index in [1.807, 2.05) is 17.7 Å². The average molecular weight is 474 g/mol. The molecule has 0 atom stereocenters. The van der Waals surface area contributed by atoms with E-state index in [0.717, 1.165) is 22.9 Å². The number of fused-ring (bicyclic) bond motifs is 1. The highest BCUT2D eigenvalue weighted by atomic mass is 32.2. The van der Waals surface area contributed by atoms with Gasteiger partial charge in [-0.25, -0.2) is 17.8 Å². The number of aromatic nitrogens is 2. The first kappa shape index (κ1) is 23.3. The van der Waals surface area contributed by atoms with Crippen LogP contribution < -0.4 is 0 Å². The van der Waals surface area contributed by atoms with Crippen LogP contribution in [0.15, 0.2) is 41.3 Å². The number of aryl methyl sites for hydroxylation is 2. The summed E-state index contributed by atoms with van der Waals surface area (Å²) >= 11 is 0. The Morgan fingerprint density at radius 2 is 1.79 bits per heavy atom. The van der Waals surface area contributed by atoms with E-state index < -0.39 is 15.8 Å². The molecule has 1 fully saturated rings. The second-order valence-corrected chi connectivity index (χ2v) is 10.5. The first-order valence-corrected chi connectivity index (χ1v) is 12.2. The van der Waals surface area contributed by atoms with Crippen LogP contribution >= 0.6 is 0 Å². The zero-order chi connectivity index (χ0) is 23.9. The summed E-state index contributed by atoms with van der Waals surface area (Å²) in [5.74, 6) is 0.210. The summed E-state index contributed by atoms with van der Waals surface area (Å²) in [5, 5.41) is 0. The predicted octanol–water partition coefficient (Wildman–Crippen LogP) is 2.23. The van der Waals surface area contributed by atoms with E-state index in [4.69, 9.17) is 4.98 Å². The fourth-order valence-corrected chi connectivity index (χ4v) is 5.76. The Balaban J connectivity index is 1.47. The number of carbonyl (C=O) groups is 1. The van der Waals surface area contributed by atoms with Gasteiger partial charge in [0.15, 0.2) is 0 Å². The number of halogens is 1. The van der Waals surface area contributed by atoms with Crippen molar-refractivity contribution in [1.29, 1.82) is 0 Å². The third-order valence-electron chi connectivity index (χ3n) is 6.09. The fraction of sp³-hybridized carbons (Fsp3) is 0.391. The minimum atomic E-state index is -3.75. The molecule has 0 radical (unpaired) electrons. The van der Waals surface area contributed by atoms with Crippen molar-refractivity contribution in [3.05, 3.63) is 59.2 Å². The second kappa shape index (κ2) is 8.85. The van der Waals surface area contributed by atoms with E-state index in [0.29, 0.717) is 43.9 Å². The lowest BCUT2D eigenvalue weighted by Gasteiger charge is -2.34. The molecular formula is C23H28FN5O3S. The molecule has 1 aliphatic heterocycles. The van der Waals surface area contributed by atoms with Gasteiger partial charge < -0.3 is 9.47 Å². The number of piperazine rings is 1. The number of amides is 1. The molecule has 0 bridgehead atoms. The molecule has 1 amide bonds. The van der Waals surface area contributed by atoms with Gasteiger partial charge in [0, 0.05) is 52.9 Å². The first-order chi connectivity index (χ1) is 15.6. The van der Waals surface area contributed by atoms with Gasteiger partial charge in [0.25, 0.3) is 5.91 Å². The number of hydrogen-bond acceptors (Lipinski definition) is 5. The number of nitrogens with zero attached hydrogens (tertiary/aromatic N) is 5. The summed E-state index contributed by atoms with van der Waals surface area (Å²) in [6.45, 7) is 3.97. The van der Waals surface area contributed by atoms with Gasteiger partial charge >= 0.3 is 0 Å². The third-order valence-corrected chi connectivity index (χ3v) is 8.13. The van der Waals surface area contributed by atoms with E-state index in [9.17, 15) is 17.6 Å². The lowest BCUT2D eigenvalue weighted by atomic mass is 10.2. The molecule has 3 aromatic rings. The van der Waals surface area contributed by atoms with Crippen LogP contribution in [0.2, 0.25) is 0 Å². The molecule has 1 saturated heterocycles. The number of benzene rings is 2. The highest BCUT2D eigenvalue weighted by molar-refractivity contribution is 7.89. The van der Waals surface area contributed by atoms with Crippen LogP contribution in [0.5, 0.6) is 0 Å². The predicted molar refractivity (Wildman–Crippen MR) is 124 cm³/mol. The summed E-state index contributed by atoms with van der Waals surface area (Å²) < 4.78 is 43.1. The standard InChI is InChI=1S/C23H28FN5O3S/c1-16-5-7-18(24)14-21(16)33(31,32)29-11-9-28(10-12-29)15-22-25-19-13-17(23(30)26(2)3)6-8-20(19)27(22)4/h5-8,13-14H,9-12,15H2,1-4H3. The number of hydrogen-bond donors (Lipinski definition) is 0. The monoisotopic (exact) mass is 473 g/mol. The van der Waals surface area contributed by atoms with Crippen molar-refractivity contribution >= 4 is 27.0 Å². The minimum absolute atomic E-state index is 0.0226. The van der Waals surface area contributed by atoms with E-state index >= 15 is 0 Å². The lowest BCUT2D eigenvalue weighted by Crippen LogP contribution is -2.48. The fourth-order valence-electron chi connectivity index (χ4n) is 4.10. The maximum atomic E-state index is 13.7. The van der Waals surface area contributed by atoms with Gasteiger partial charge in [-0.05, 0) is 42.8 Å². The Hall–Kier alpha value is -2.82. The highest BCUT2D eigenvalue weighted by Gasteiger charge is 2.30. The Labute approximate surface area is 193 Å². The normalized spacial score (nSPS) is 15.8. The van der Waals surface area contributed by atoms with Crippen LogP contribution in [0.4, 0.5) is 4.39 Å². The second-order valence-electron chi connectivity index (χ2n) is 8.58. The van der Waals surface area contributed by atoms with Crippen LogP contribution in [0, 0.1) is 12.7 Å². The van der Waals surface area contributed by atoms with Gasteiger partial charge in [-0.2, -0.15) is 4.31 Å². The Kier molecular flexibility index (Phi) is 6.26. The largest absolute Gasteiger partial charge is 0.345 e. The molecule has 8 nitrogen and oxygen atoms in total. The van der Waals surface area contributed by atoms with E-state index in [2.05, 4.69) is 4.90 Å². The molecule has 1 aliphatic rings. The number of imidazole rings is 1. The molecular weight excluding hydrogens is 445 g/mol. The molecule has 4 rings (SSSR count). The van der Waals surface area contributed by atoms with Crippen molar-refractivity contribution in [3.63, 3.8) is 0 Å². The van der Waals surface area contributed by atoms with Crippen molar-refractivity contribution in [2.45, 2.75) is 18.4 Å². The molecule has 1 aromatic heterocycles. The van der Waals surface area contributed by atoms with E-state index in [1.165, 1.54) is 21.3 Å². The molecule has 0 saturated carbocycles. The summed E-state index contributed by atoms with van der Waals surface area (Å²) in [6, 6.07) is 9.34. The molecule has 2 heterocycles. The van der Waals surface area contributed by atoms with Crippen molar-refractivity contribution in [3.8, 4) is 0 Å². The Bertz CT molecular complexity index is 1310. The summed E-state index contributed by atoms with van der Waals surface area (Å²) in [5.41, 5.74) is 2.81. The summed E-state index contributed by atoms with van der Waals surface area (Å²) in [6.07, 6.45) is 0. The quantitative estimate of drug-likeness (QED) is 0.568. The van der Waals surface area contributed by atoms with Gasteiger partial charge in [-0.15, -0.1) is 0 Å². The van der Waals surface area contributed by atoms with Crippen LogP contribution in [-0.2, 0) is 23.6 Å². The van der Waals surface area contributed by atoms with Crippen LogP contribution in [-0.4, -0.2) is 78.3 Å². The van der Waals surface area contributed by atoms with Gasteiger partial charge in [0.2, 0.25) is 10.0 Å². The maximum absolute atomic E-state index is 13.7. The van der Waals surface area contributed by atoms with E-state index in [-0.39, 0.29) is 10.8 Å². The summed E-state index contributed by atoms with van der Waals surface area (Å²) in [4.78, 5) is 20.7. The van der Waals surface area contributed by atoms with Gasteiger partial charge in [-0.3, -0.25) is 9.69 Å².